The van der Waals surface area contributed by atoms with E-state index in [0.29, 0.717) is 55.2 Å². The van der Waals surface area contributed by atoms with Crippen LogP contribution in [0.3, 0.4) is 0 Å². The molecule has 1 amide bonds. The molecule has 0 aromatic heterocycles. The van der Waals surface area contributed by atoms with Crippen molar-refractivity contribution in [3.05, 3.63) is 83.4 Å². The van der Waals surface area contributed by atoms with E-state index in [0.717, 1.165) is 35.5 Å². The molecule has 1 fully saturated rings. The third kappa shape index (κ3) is 10.4. The second kappa shape index (κ2) is 17.5. The number of nitrogens with one attached hydrogen (secondary N) is 3. The van der Waals surface area contributed by atoms with Crippen molar-refractivity contribution in [3.63, 3.8) is 0 Å². The van der Waals surface area contributed by atoms with Crippen LogP contribution in [-0.4, -0.2) is 78.4 Å². The lowest BCUT2D eigenvalue weighted by Gasteiger charge is -2.47. The Labute approximate surface area is 274 Å². The molecule has 0 unspecified atom stereocenters. The van der Waals surface area contributed by atoms with Crippen LogP contribution in [0, 0.1) is 0 Å². The standard InChI is InChI=1S/C33H46N4O6S.ClH/c1-4-35-27-19-26(20-28(21-27)37-14-8-9-15-44(37,40)41)33(39)36-31(18-24-10-6-5-7-11-24)32(38)23-34-13-12-25-16-29(42-2)22-30(17-25)43-3;/h5-7,10-11,16-17,19-22,31-32,34-35,38,40-41H,4,8-9,12-15,18,23H2,1-3H3,(H,36,39);1H/t31-,32+;/m0./s1. The van der Waals surface area contributed by atoms with E-state index in [1.165, 1.54) is 0 Å². The van der Waals surface area contributed by atoms with Gasteiger partial charge in [0.2, 0.25) is 0 Å². The zero-order valence-electron chi connectivity index (χ0n) is 26.2. The molecule has 2 atom stereocenters. The molecule has 3 aromatic carbocycles. The first-order valence-electron chi connectivity index (χ1n) is 15.1. The van der Waals surface area contributed by atoms with Gasteiger partial charge >= 0.3 is 0 Å². The van der Waals surface area contributed by atoms with E-state index < -0.39 is 22.9 Å². The zero-order chi connectivity index (χ0) is 31.5. The summed E-state index contributed by atoms with van der Waals surface area (Å²) in [4.78, 5) is 13.7. The van der Waals surface area contributed by atoms with Gasteiger partial charge in [-0.2, -0.15) is 0 Å². The molecule has 1 heterocycles. The molecule has 248 valence electrons. The highest BCUT2D eigenvalue weighted by molar-refractivity contribution is 8.25. The molecule has 0 aliphatic carbocycles. The minimum atomic E-state index is -2.96. The number of ether oxygens (including phenoxy) is 2. The molecular formula is C33H47ClN4O6S. The Balaban J connectivity index is 0.00000552. The lowest BCUT2D eigenvalue weighted by molar-refractivity contribution is 0.0831. The molecule has 6 N–H and O–H groups in total. The first kappa shape index (κ1) is 36.3. The molecule has 0 spiro atoms. The number of aliphatic hydroxyl groups excluding tert-OH is 1. The fourth-order valence-electron chi connectivity index (χ4n) is 5.34. The number of hydrogen-bond acceptors (Lipinski definition) is 9. The number of hydrogen-bond donors (Lipinski definition) is 6. The molecule has 12 heteroatoms. The largest absolute Gasteiger partial charge is 0.497 e. The fraction of sp³-hybridized carbons (Fsp3) is 0.424. The van der Waals surface area contributed by atoms with E-state index in [2.05, 4.69) is 16.0 Å². The van der Waals surface area contributed by atoms with Gasteiger partial charge in [-0.3, -0.25) is 18.2 Å². The summed E-state index contributed by atoms with van der Waals surface area (Å²) in [6.45, 7) is 3.99. The summed E-state index contributed by atoms with van der Waals surface area (Å²) < 4.78 is 33.8. The van der Waals surface area contributed by atoms with Gasteiger partial charge in [0.1, 0.15) is 11.5 Å². The highest BCUT2D eigenvalue weighted by atomic mass is 35.5. The SMILES string of the molecule is CCNc1cc(C(=O)N[C@@H](Cc2ccccc2)[C@H](O)CNCCc2cc(OC)cc(OC)c2)cc(N2CCCCS2(O)O)c1.Cl. The number of nitrogens with zero attached hydrogens (tertiary/aromatic N) is 1. The van der Waals surface area contributed by atoms with Crippen LogP contribution in [0.2, 0.25) is 0 Å². The van der Waals surface area contributed by atoms with E-state index in [1.807, 2.05) is 61.5 Å². The van der Waals surface area contributed by atoms with E-state index in [-0.39, 0.29) is 24.9 Å². The van der Waals surface area contributed by atoms with Crippen LogP contribution in [0.1, 0.15) is 41.3 Å². The van der Waals surface area contributed by atoms with Crippen molar-refractivity contribution in [2.24, 2.45) is 0 Å². The molecule has 0 saturated carbocycles. The predicted octanol–water partition coefficient (Wildman–Crippen LogP) is 5.36. The minimum absolute atomic E-state index is 0. The molecule has 1 aliphatic heterocycles. The van der Waals surface area contributed by atoms with Crippen LogP contribution >= 0.6 is 23.2 Å². The van der Waals surface area contributed by atoms with Crippen LogP contribution in [0.4, 0.5) is 11.4 Å². The van der Waals surface area contributed by atoms with Gasteiger partial charge in [-0.1, -0.05) is 30.3 Å². The Morgan fingerprint density at radius 2 is 1.69 bits per heavy atom. The van der Waals surface area contributed by atoms with Gasteiger partial charge in [0.05, 0.1) is 37.8 Å². The van der Waals surface area contributed by atoms with Crippen molar-refractivity contribution in [1.82, 2.24) is 10.6 Å². The van der Waals surface area contributed by atoms with Gasteiger partial charge in [-0.05, 0) is 80.6 Å². The monoisotopic (exact) mass is 662 g/mol. The average Bonchev–Trinajstić information content (AvgIpc) is 3.02. The lowest BCUT2D eigenvalue weighted by atomic mass is 10.00. The van der Waals surface area contributed by atoms with Gasteiger partial charge in [0, 0.05) is 37.0 Å². The van der Waals surface area contributed by atoms with E-state index in [9.17, 15) is 19.0 Å². The van der Waals surface area contributed by atoms with Gasteiger partial charge in [0.25, 0.3) is 5.91 Å². The molecule has 4 rings (SSSR count). The van der Waals surface area contributed by atoms with E-state index in [4.69, 9.17) is 9.47 Å². The summed E-state index contributed by atoms with van der Waals surface area (Å²) in [6.07, 6.45) is 1.86. The van der Waals surface area contributed by atoms with Gasteiger partial charge in [-0.25, -0.2) is 0 Å². The average molecular weight is 663 g/mol. The number of anilines is 2. The van der Waals surface area contributed by atoms with Crippen LogP contribution in [0.25, 0.3) is 0 Å². The number of halogens is 1. The molecule has 0 radical (unpaired) electrons. The Morgan fingerprint density at radius 1 is 0.978 bits per heavy atom. The maximum Gasteiger partial charge on any atom is 0.251 e. The normalized spacial score (nSPS) is 16.1. The number of carbonyl (C=O) groups is 1. The first-order valence-corrected chi connectivity index (χ1v) is 16.8. The second-order valence-electron chi connectivity index (χ2n) is 11.0. The van der Waals surface area contributed by atoms with Crippen LogP contribution < -0.4 is 29.7 Å². The maximum atomic E-state index is 13.7. The molecule has 3 aromatic rings. The zero-order valence-corrected chi connectivity index (χ0v) is 27.8. The molecule has 10 nitrogen and oxygen atoms in total. The summed E-state index contributed by atoms with van der Waals surface area (Å²) in [7, 11) is 0.279. The molecule has 0 bridgehead atoms. The van der Waals surface area contributed by atoms with Crippen LogP contribution in [-0.2, 0) is 12.8 Å². The quantitative estimate of drug-likeness (QED) is 0.119. The third-order valence-electron chi connectivity index (χ3n) is 7.67. The fourth-order valence-corrected chi connectivity index (χ4v) is 7.01. The maximum absolute atomic E-state index is 13.7. The Morgan fingerprint density at radius 3 is 2.33 bits per heavy atom. The highest BCUT2D eigenvalue weighted by Gasteiger charge is 2.28. The van der Waals surface area contributed by atoms with Gasteiger partial charge < -0.3 is 30.5 Å². The number of methoxy groups -OCH3 is 2. The Bertz CT molecular complexity index is 1340. The first-order chi connectivity index (χ1) is 21.2. The van der Waals surface area contributed by atoms with Gasteiger partial charge in [-0.15, -0.1) is 23.2 Å². The number of carbonyl (C=O) groups excluding carboxylic acids is 1. The second-order valence-corrected chi connectivity index (χ2v) is 13.1. The van der Waals surface area contributed by atoms with Crippen molar-refractivity contribution < 1.29 is 28.5 Å². The van der Waals surface area contributed by atoms with Crippen molar-refractivity contribution in [3.8, 4) is 11.5 Å². The van der Waals surface area contributed by atoms with Crippen molar-refractivity contribution in [2.75, 3.05) is 55.8 Å². The Hall–Kier alpha value is -3.19. The minimum Gasteiger partial charge on any atom is -0.497 e. The number of rotatable bonds is 15. The summed E-state index contributed by atoms with van der Waals surface area (Å²) in [6, 6.07) is 20.2. The topological polar surface area (TPSA) is 136 Å². The van der Waals surface area contributed by atoms with Crippen molar-refractivity contribution in [1.29, 1.82) is 0 Å². The van der Waals surface area contributed by atoms with Crippen molar-refractivity contribution >= 4 is 40.5 Å². The number of aliphatic hydroxyl groups is 1. The van der Waals surface area contributed by atoms with Gasteiger partial charge in [0.15, 0.2) is 0 Å². The molecule has 1 aliphatic rings. The lowest BCUT2D eigenvalue weighted by Crippen LogP contribution is -2.49. The summed E-state index contributed by atoms with van der Waals surface area (Å²) in [5.74, 6) is 1.40. The van der Waals surface area contributed by atoms with Crippen molar-refractivity contribution in [2.45, 2.75) is 44.8 Å². The third-order valence-corrected chi connectivity index (χ3v) is 9.60. The summed E-state index contributed by atoms with van der Waals surface area (Å²) in [5, 5.41) is 20.9. The Kier molecular flexibility index (Phi) is 14.1. The molecule has 1 saturated heterocycles. The van der Waals surface area contributed by atoms with E-state index >= 15 is 0 Å². The molecular weight excluding hydrogens is 616 g/mol. The number of amides is 1. The predicted molar refractivity (Wildman–Crippen MR) is 186 cm³/mol. The van der Waals surface area contributed by atoms with Crippen LogP contribution in [0.5, 0.6) is 11.5 Å². The highest BCUT2D eigenvalue weighted by Crippen LogP contribution is 2.50. The summed E-state index contributed by atoms with van der Waals surface area (Å²) in [5.41, 5.74) is 3.71. The summed E-state index contributed by atoms with van der Waals surface area (Å²) >= 11 is 0. The van der Waals surface area contributed by atoms with Crippen LogP contribution in [0.15, 0.2) is 66.7 Å². The van der Waals surface area contributed by atoms with E-state index in [1.54, 1.807) is 30.7 Å². The molecule has 45 heavy (non-hydrogen) atoms. The number of benzene rings is 3. The smallest absolute Gasteiger partial charge is 0.251 e.